The fourth-order valence-corrected chi connectivity index (χ4v) is 2.76. The second-order valence-corrected chi connectivity index (χ2v) is 6.33. The van der Waals surface area contributed by atoms with Gasteiger partial charge in [-0.1, -0.05) is 55.8 Å². The molecule has 3 aromatic rings. The van der Waals surface area contributed by atoms with E-state index in [0.29, 0.717) is 17.5 Å². The second kappa shape index (κ2) is 6.57. The monoisotopic (exact) mass is 325 g/mol. The highest BCUT2D eigenvalue weighted by Crippen LogP contribution is 2.27. The molecule has 4 heteroatoms. The first-order chi connectivity index (χ1) is 11.1. The highest BCUT2D eigenvalue weighted by atomic mass is 35.5. The molecule has 0 atom stereocenters. The molecule has 0 saturated carbocycles. The summed E-state index contributed by atoms with van der Waals surface area (Å²) in [6.45, 7) is 4.79. The van der Waals surface area contributed by atoms with Crippen LogP contribution < -0.4 is 5.73 Å². The number of rotatable bonds is 4. The summed E-state index contributed by atoms with van der Waals surface area (Å²) in [5.41, 5.74) is 11.0. The normalized spacial score (nSPS) is 11.2. The zero-order valence-corrected chi connectivity index (χ0v) is 14.1. The molecule has 0 aliphatic rings. The second-order valence-electron chi connectivity index (χ2n) is 5.89. The molecule has 0 bridgehead atoms. The maximum atomic E-state index is 6.12. The molecule has 1 heterocycles. The highest BCUT2D eigenvalue weighted by molar-refractivity contribution is 6.30. The van der Waals surface area contributed by atoms with Crippen LogP contribution in [-0.2, 0) is 6.54 Å². The quantitative estimate of drug-likeness (QED) is 0.750. The summed E-state index contributed by atoms with van der Waals surface area (Å²) in [4.78, 5) is 0. The van der Waals surface area contributed by atoms with E-state index in [4.69, 9.17) is 17.3 Å². The first-order valence-electron chi connectivity index (χ1n) is 7.74. The van der Waals surface area contributed by atoms with Crippen LogP contribution >= 0.6 is 11.6 Å². The molecule has 0 aliphatic carbocycles. The van der Waals surface area contributed by atoms with Gasteiger partial charge in [-0.05, 0) is 35.7 Å². The van der Waals surface area contributed by atoms with Crippen molar-refractivity contribution in [2.45, 2.75) is 26.3 Å². The lowest BCUT2D eigenvalue weighted by Crippen LogP contribution is -2.02. The summed E-state index contributed by atoms with van der Waals surface area (Å²) in [7, 11) is 0. The first-order valence-corrected chi connectivity index (χ1v) is 8.11. The average Bonchev–Trinajstić information content (AvgIpc) is 2.99. The largest absolute Gasteiger partial charge is 0.325 e. The molecule has 3 nitrogen and oxygen atoms in total. The Morgan fingerprint density at radius 1 is 1.09 bits per heavy atom. The molecule has 0 amide bonds. The molecule has 3 rings (SSSR count). The summed E-state index contributed by atoms with van der Waals surface area (Å²) >= 11 is 6.12. The lowest BCUT2D eigenvalue weighted by Gasteiger charge is -2.10. The Morgan fingerprint density at radius 3 is 2.43 bits per heavy atom. The summed E-state index contributed by atoms with van der Waals surface area (Å²) in [6.07, 6.45) is 0. The maximum absolute atomic E-state index is 6.12. The summed E-state index contributed by atoms with van der Waals surface area (Å²) < 4.78 is 1.90. The molecule has 0 saturated heterocycles. The van der Waals surface area contributed by atoms with Crippen LogP contribution in [0.3, 0.4) is 0 Å². The third kappa shape index (κ3) is 3.31. The Balaban J connectivity index is 2.09. The van der Waals surface area contributed by atoms with Crippen LogP contribution in [0.15, 0.2) is 54.6 Å². The van der Waals surface area contributed by atoms with Crippen LogP contribution in [0.2, 0.25) is 5.02 Å². The predicted molar refractivity (Wildman–Crippen MR) is 96.0 cm³/mol. The number of benzene rings is 2. The van der Waals surface area contributed by atoms with Gasteiger partial charge >= 0.3 is 0 Å². The molecule has 1 aromatic heterocycles. The molecule has 2 N–H and O–H groups in total. The Labute approximate surface area is 141 Å². The van der Waals surface area contributed by atoms with E-state index >= 15 is 0 Å². The SMILES string of the molecule is CC(C)c1ccc(-c2cc(CN)nn2-c2cccc(Cl)c2)cc1. The molecule has 2 aromatic carbocycles. The Hall–Kier alpha value is -2.10. The van der Waals surface area contributed by atoms with Crippen molar-refractivity contribution in [1.82, 2.24) is 9.78 Å². The molecule has 0 unspecified atom stereocenters. The van der Waals surface area contributed by atoms with Crippen LogP contribution in [0.5, 0.6) is 0 Å². The Bertz CT molecular complexity index is 804. The van der Waals surface area contributed by atoms with Crippen LogP contribution in [0.1, 0.15) is 31.0 Å². The van der Waals surface area contributed by atoms with E-state index in [2.05, 4.69) is 43.2 Å². The minimum absolute atomic E-state index is 0.407. The number of halogens is 1. The minimum atomic E-state index is 0.407. The molecule has 118 valence electrons. The van der Waals surface area contributed by atoms with E-state index in [1.165, 1.54) is 5.56 Å². The van der Waals surface area contributed by atoms with Crippen molar-refractivity contribution in [3.05, 3.63) is 70.9 Å². The summed E-state index contributed by atoms with van der Waals surface area (Å²) in [6, 6.07) is 18.3. The zero-order valence-electron chi connectivity index (χ0n) is 13.3. The maximum Gasteiger partial charge on any atom is 0.0771 e. The van der Waals surface area contributed by atoms with Gasteiger partial charge in [-0.2, -0.15) is 5.10 Å². The predicted octanol–water partition coefficient (Wildman–Crippen LogP) is 4.77. The van der Waals surface area contributed by atoms with E-state index in [1.54, 1.807) is 0 Å². The van der Waals surface area contributed by atoms with Crippen molar-refractivity contribution in [3.8, 4) is 16.9 Å². The van der Waals surface area contributed by atoms with Gasteiger partial charge in [-0.15, -0.1) is 0 Å². The molecular weight excluding hydrogens is 306 g/mol. The van der Waals surface area contributed by atoms with Gasteiger partial charge in [-0.25, -0.2) is 4.68 Å². The van der Waals surface area contributed by atoms with E-state index in [0.717, 1.165) is 22.6 Å². The summed E-state index contributed by atoms with van der Waals surface area (Å²) in [5.74, 6) is 0.515. The Kier molecular flexibility index (Phi) is 4.51. The van der Waals surface area contributed by atoms with Gasteiger partial charge in [0, 0.05) is 17.1 Å². The van der Waals surface area contributed by atoms with Gasteiger partial charge < -0.3 is 5.73 Å². The van der Waals surface area contributed by atoms with Gasteiger partial charge in [-0.3, -0.25) is 0 Å². The molecule has 0 fully saturated rings. The van der Waals surface area contributed by atoms with Crippen molar-refractivity contribution in [1.29, 1.82) is 0 Å². The topological polar surface area (TPSA) is 43.8 Å². The van der Waals surface area contributed by atoms with Crippen molar-refractivity contribution >= 4 is 11.6 Å². The van der Waals surface area contributed by atoms with Crippen LogP contribution in [0, 0.1) is 0 Å². The van der Waals surface area contributed by atoms with Crippen molar-refractivity contribution < 1.29 is 0 Å². The van der Waals surface area contributed by atoms with Gasteiger partial charge in [0.15, 0.2) is 0 Å². The molecule has 0 spiro atoms. The fraction of sp³-hybridized carbons (Fsp3) is 0.211. The third-order valence-corrected chi connectivity index (χ3v) is 4.13. The van der Waals surface area contributed by atoms with Crippen LogP contribution in [0.25, 0.3) is 16.9 Å². The van der Waals surface area contributed by atoms with E-state index < -0.39 is 0 Å². The Morgan fingerprint density at radius 2 is 1.83 bits per heavy atom. The van der Waals surface area contributed by atoms with Gasteiger partial charge in [0.2, 0.25) is 0 Å². The van der Waals surface area contributed by atoms with Gasteiger partial charge in [0.25, 0.3) is 0 Å². The van der Waals surface area contributed by atoms with Crippen molar-refractivity contribution in [2.75, 3.05) is 0 Å². The molecule has 23 heavy (non-hydrogen) atoms. The van der Waals surface area contributed by atoms with Crippen LogP contribution in [-0.4, -0.2) is 9.78 Å². The fourth-order valence-electron chi connectivity index (χ4n) is 2.58. The number of hydrogen-bond donors (Lipinski definition) is 1. The highest BCUT2D eigenvalue weighted by Gasteiger charge is 2.12. The van der Waals surface area contributed by atoms with E-state index in [1.807, 2.05) is 35.0 Å². The third-order valence-electron chi connectivity index (χ3n) is 3.89. The van der Waals surface area contributed by atoms with Crippen molar-refractivity contribution in [3.63, 3.8) is 0 Å². The average molecular weight is 326 g/mol. The van der Waals surface area contributed by atoms with Gasteiger partial charge in [0.05, 0.1) is 17.1 Å². The lowest BCUT2D eigenvalue weighted by molar-refractivity contribution is 0.838. The summed E-state index contributed by atoms with van der Waals surface area (Å²) in [5, 5.41) is 5.30. The number of nitrogens with zero attached hydrogens (tertiary/aromatic N) is 2. The van der Waals surface area contributed by atoms with Crippen molar-refractivity contribution in [2.24, 2.45) is 5.73 Å². The minimum Gasteiger partial charge on any atom is -0.325 e. The number of nitrogens with two attached hydrogens (primary N) is 1. The standard InChI is InChI=1S/C19H20ClN3/c1-13(2)14-6-8-15(9-7-14)19-11-17(12-21)22-23(19)18-5-3-4-16(20)10-18/h3-11,13H,12,21H2,1-2H3. The molecule has 0 radical (unpaired) electrons. The number of hydrogen-bond acceptors (Lipinski definition) is 2. The molecule has 0 aliphatic heterocycles. The molecular formula is C19H20ClN3. The number of aromatic nitrogens is 2. The van der Waals surface area contributed by atoms with Gasteiger partial charge in [0.1, 0.15) is 0 Å². The zero-order chi connectivity index (χ0) is 16.4. The van der Waals surface area contributed by atoms with E-state index in [9.17, 15) is 0 Å². The van der Waals surface area contributed by atoms with E-state index in [-0.39, 0.29) is 0 Å². The van der Waals surface area contributed by atoms with Crippen LogP contribution in [0.4, 0.5) is 0 Å². The smallest absolute Gasteiger partial charge is 0.0771 e. The first kappa shape index (κ1) is 15.8. The lowest BCUT2D eigenvalue weighted by atomic mass is 10.0.